The standard InChI is InChI=1S/C28H18N4O6/c1-36-25-15-18(32(34)35)10-12-21(25)24-13-11-19(37-24)16-29-31-27(26-14-17-6-2-5-9-23(17)38-26)30-22-8-4-3-7-20(22)28(31)33/h2-16H,1H3. The van der Waals surface area contributed by atoms with Crippen molar-refractivity contribution in [3.05, 3.63) is 111 Å². The average Bonchev–Trinajstić information content (AvgIpc) is 3.59. The van der Waals surface area contributed by atoms with E-state index in [0.29, 0.717) is 45.1 Å². The summed E-state index contributed by atoms with van der Waals surface area (Å²) in [6, 6.07) is 23.9. The van der Waals surface area contributed by atoms with Gasteiger partial charge in [0.2, 0.25) is 5.82 Å². The predicted octanol–water partition coefficient (Wildman–Crippen LogP) is 5.87. The molecule has 0 aliphatic heterocycles. The largest absolute Gasteiger partial charge is 0.496 e. The Morgan fingerprint density at radius 1 is 0.974 bits per heavy atom. The highest BCUT2D eigenvalue weighted by Crippen LogP contribution is 2.34. The molecule has 0 atom stereocenters. The van der Waals surface area contributed by atoms with Gasteiger partial charge in [-0.2, -0.15) is 9.78 Å². The first-order valence-electron chi connectivity index (χ1n) is 11.5. The number of nitro benzene ring substituents is 1. The molecule has 0 unspecified atom stereocenters. The van der Waals surface area contributed by atoms with Gasteiger partial charge < -0.3 is 13.6 Å². The lowest BCUT2D eigenvalue weighted by Crippen LogP contribution is -2.20. The number of hydrogen-bond donors (Lipinski definition) is 0. The maximum absolute atomic E-state index is 13.4. The molecule has 186 valence electrons. The van der Waals surface area contributed by atoms with Crippen LogP contribution in [0.1, 0.15) is 5.76 Å². The second-order valence-electron chi connectivity index (χ2n) is 8.31. The number of non-ortho nitro benzene ring substituents is 1. The lowest BCUT2D eigenvalue weighted by Gasteiger charge is -2.07. The van der Waals surface area contributed by atoms with E-state index >= 15 is 0 Å². The molecule has 6 rings (SSSR count). The maximum Gasteiger partial charge on any atom is 0.282 e. The number of ether oxygens (including phenoxy) is 1. The number of nitrogens with zero attached hydrogens (tertiary/aromatic N) is 4. The summed E-state index contributed by atoms with van der Waals surface area (Å²) in [7, 11) is 1.42. The van der Waals surface area contributed by atoms with Gasteiger partial charge in [0.15, 0.2) is 5.76 Å². The predicted molar refractivity (Wildman–Crippen MR) is 142 cm³/mol. The third-order valence-corrected chi connectivity index (χ3v) is 5.99. The summed E-state index contributed by atoms with van der Waals surface area (Å²) in [5.41, 5.74) is 1.25. The zero-order valence-electron chi connectivity index (χ0n) is 19.9. The van der Waals surface area contributed by atoms with Crippen LogP contribution in [-0.4, -0.2) is 27.9 Å². The first-order chi connectivity index (χ1) is 18.5. The Kier molecular flexibility index (Phi) is 5.53. The van der Waals surface area contributed by atoms with E-state index in [2.05, 4.69) is 10.1 Å². The van der Waals surface area contributed by atoms with Crippen molar-refractivity contribution in [2.24, 2.45) is 5.10 Å². The first kappa shape index (κ1) is 22.9. The minimum absolute atomic E-state index is 0.0970. The maximum atomic E-state index is 13.4. The number of furan rings is 2. The van der Waals surface area contributed by atoms with E-state index in [4.69, 9.17) is 13.6 Å². The molecule has 6 aromatic rings. The molecule has 0 saturated heterocycles. The van der Waals surface area contributed by atoms with Crippen LogP contribution >= 0.6 is 0 Å². The zero-order valence-corrected chi connectivity index (χ0v) is 19.9. The fraction of sp³-hybridized carbons (Fsp3) is 0.0357. The van der Waals surface area contributed by atoms with Crippen LogP contribution in [0.25, 0.3) is 44.8 Å². The van der Waals surface area contributed by atoms with Crippen LogP contribution in [0.2, 0.25) is 0 Å². The van der Waals surface area contributed by atoms with E-state index in [1.54, 1.807) is 36.4 Å². The van der Waals surface area contributed by atoms with Crippen LogP contribution < -0.4 is 10.3 Å². The number of rotatable bonds is 6. The van der Waals surface area contributed by atoms with Gasteiger partial charge in [0.1, 0.15) is 22.9 Å². The molecular formula is C28H18N4O6. The number of methoxy groups -OCH3 is 1. The molecule has 3 aromatic carbocycles. The van der Waals surface area contributed by atoms with E-state index in [1.807, 2.05) is 36.4 Å². The Bertz CT molecular complexity index is 1900. The van der Waals surface area contributed by atoms with E-state index in [-0.39, 0.29) is 17.1 Å². The molecule has 3 aromatic heterocycles. The molecule has 0 bridgehead atoms. The molecule has 0 fully saturated rings. The zero-order chi connectivity index (χ0) is 26.2. The number of benzene rings is 3. The lowest BCUT2D eigenvalue weighted by molar-refractivity contribution is -0.384. The van der Waals surface area contributed by atoms with Crippen molar-refractivity contribution in [3.63, 3.8) is 0 Å². The van der Waals surface area contributed by atoms with Crippen molar-refractivity contribution in [3.8, 4) is 28.7 Å². The van der Waals surface area contributed by atoms with Crippen LogP contribution in [0.4, 0.5) is 5.69 Å². The van der Waals surface area contributed by atoms with Crippen molar-refractivity contribution < 1.29 is 18.5 Å². The monoisotopic (exact) mass is 506 g/mol. The molecule has 0 saturated carbocycles. The quantitative estimate of drug-likeness (QED) is 0.157. The van der Waals surface area contributed by atoms with Crippen molar-refractivity contribution in [1.29, 1.82) is 0 Å². The van der Waals surface area contributed by atoms with Gasteiger partial charge in [-0.25, -0.2) is 4.98 Å². The molecule has 0 aliphatic rings. The van der Waals surface area contributed by atoms with Crippen LogP contribution in [0, 0.1) is 10.1 Å². The third-order valence-electron chi connectivity index (χ3n) is 5.99. The number of fused-ring (bicyclic) bond motifs is 2. The van der Waals surface area contributed by atoms with Crippen LogP contribution in [-0.2, 0) is 0 Å². The number of nitro groups is 1. The molecule has 3 heterocycles. The van der Waals surface area contributed by atoms with Crippen molar-refractivity contribution in [2.75, 3.05) is 7.11 Å². The fourth-order valence-electron chi connectivity index (χ4n) is 4.16. The summed E-state index contributed by atoms with van der Waals surface area (Å²) in [6.07, 6.45) is 1.39. The molecule has 0 amide bonds. The summed E-state index contributed by atoms with van der Waals surface area (Å²) in [5.74, 6) is 1.68. The van der Waals surface area contributed by atoms with E-state index in [9.17, 15) is 14.9 Å². The fourth-order valence-corrected chi connectivity index (χ4v) is 4.16. The van der Waals surface area contributed by atoms with Crippen molar-refractivity contribution >= 4 is 33.8 Å². The van der Waals surface area contributed by atoms with Gasteiger partial charge in [-0.3, -0.25) is 14.9 Å². The Balaban J connectivity index is 1.43. The molecule has 0 N–H and O–H groups in total. The van der Waals surface area contributed by atoms with E-state index in [0.717, 1.165) is 5.39 Å². The normalized spacial score (nSPS) is 11.5. The van der Waals surface area contributed by atoms with Crippen LogP contribution in [0.3, 0.4) is 0 Å². The minimum Gasteiger partial charge on any atom is -0.496 e. The molecule has 0 radical (unpaired) electrons. The minimum atomic E-state index is -0.499. The van der Waals surface area contributed by atoms with Crippen LogP contribution in [0.5, 0.6) is 5.75 Å². The van der Waals surface area contributed by atoms with Gasteiger partial charge in [-0.15, -0.1) is 0 Å². The summed E-state index contributed by atoms with van der Waals surface area (Å²) >= 11 is 0. The van der Waals surface area contributed by atoms with Gasteiger partial charge in [-0.05, 0) is 42.5 Å². The third kappa shape index (κ3) is 3.99. The van der Waals surface area contributed by atoms with Gasteiger partial charge in [0.05, 0.1) is 40.8 Å². The van der Waals surface area contributed by atoms with Gasteiger partial charge in [0.25, 0.3) is 11.2 Å². The Morgan fingerprint density at radius 3 is 2.61 bits per heavy atom. The Labute approximate surface area is 214 Å². The smallest absolute Gasteiger partial charge is 0.282 e. The van der Waals surface area contributed by atoms with Gasteiger partial charge in [0, 0.05) is 11.5 Å². The highest BCUT2D eigenvalue weighted by atomic mass is 16.6. The molecule has 10 nitrogen and oxygen atoms in total. The number of para-hydroxylation sites is 2. The van der Waals surface area contributed by atoms with Crippen LogP contribution in [0.15, 0.2) is 104 Å². The second-order valence-corrected chi connectivity index (χ2v) is 8.31. The number of aromatic nitrogens is 2. The molecule has 0 aliphatic carbocycles. The van der Waals surface area contributed by atoms with Gasteiger partial charge in [-0.1, -0.05) is 30.3 Å². The first-order valence-corrected chi connectivity index (χ1v) is 11.5. The van der Waals surface area contributed by atoms with Gasteiger partial charge >= 0.3 is 0 Å². The topological polar surface area (TPSA) is 126 Å². The highest BCUT2D eigenvalue weighted by Gasteiger charge is 2.18. The highest BCUT2D eigenvalue weighted by molar-refractivity contribution is 5.84. The summed E-state index contributed by atoms with van der Waals surface area (Å²) in [6.45, 7) is 0. The summed E-state index contributed by atoms with van der Waals surface area (Å²) in [4.78, 5) is 28.7. The molecular weight excluding hydrogens is 488 g/mol. The Hall–Kier alpha value is -5.51. The lowest BCUT2D eigenvalue weighted by atomic mass is 10.1. The summed E-state index contributed by atoms with van der Waals surface area (Å²) in [5, 5.41) is 16.8. The second kappa shape index (κ2) is 9.17. The van der Waals surface area contributed by atoms with E-state index < -0.39 is 4.92 Å². The average molecular weight is 506 g/mol. The summed E-state index contributed by atoms with van der Waals surface area (Å²) < 4.78 is 18.4. The number of hydrogen-bond acceptors (Lipinski definition) is 8. The van der Waals surface area contributed by atoms with E-state index in [1.165, 1.54) is 30.1 Å². The van der Waals surface area contributed by atoms with Crippen molar-refractivity contribution in [1.82, 2.24) is 9.66 Å². The Morgan fingerprint density at radius 2 is 1.79 bits per heavy atom. The molecule has 38 heavy (non-hydrogen) atoms. The SMILES string of the molecule is COc1cc([N+](=O)[O-])ccc1-c1ccc(C=Nn2c(-c3cc4ccccc4o3)nc3ccccc3c2=O)o1. The molecule has 10 heteroatoms. The van der Waals surface area contributed by atoms with Crippen molar-refractivity contribution in [2.45, 2.75) is 0 Å². The molecule has 0 spiro atoms.